The molecule has 4 nitrogen and oxygen atoms in total. The van der Waals surface area contributed by atoms with E-state index < -0.39 is 11.9 Å². The van der Waals surface area contributed by atoms with Crippen molar-refractivity contribution in [3.8, 4) is 0 Å². The van der Waals surface area contributed by atoms with Gasteiger partial charge >= 0.3 is 5.97 Å². The number of ketones is 1. The highest BCUT2D eigenvalue weighted by atomic mass is 16.4. The van der Waals surface area contributed by atoms with E-state index in [4.69, 9.17) is 5.11 Å². The molecule has 1 N–H and O–H groups in total. The van der Waals surface area contributed by atoms with Crippen LogP contribution >= 0.6 is 0 Å². The summed E-state index contributed by atoms with van der Waals surface area (Å²) in [4.78, 5) is 27.2. The Morgan fingerprint density at radius 2 is 1.71 bits per heavy atom. The molecule has 90 valence electrons. The fourth-order valence-electron chi connectivity index (χ4n) is 2.47. The Kier molecular flexibility index (Phi) is 3.52. The van der Waals surface area contributed by atoms with Crippen molar-refractivity contribution < 1.29 is 14.7 Å². The number of hydrogen-bond acceptors (Lipinski definition) is 3. The lowest BCUT2D eigenvalue weighted by Crippen LogP contribution is -2.32. The van der Waals surface area contributed by atoms with Crippen molar-refractivity contribution in [2.45, 2.75) is 25.7 Å². The number of aromatic nitrogens is 1. The normalized spacial score (nSPS) is 24.2. The second-order valence-corrected chi connectivity index (χ2v) is 4.44. The van der Waals surface area contributed by atoms with Gasteiger partial charge in [0, 0.05) is 23.9 Å². The molecule has 1 heterocycles. The van der Waals surface area contributed by atoms with Gasteiger partial charge in [0.15, 0.2) is 5.78 Å². The van der Waals surface area contributed by atoms with Crippen molar-refractivity contribution in [2.75, 3.05) is 0 Å². The summed E-state index contributed by atoms with van der Waals surface area (Å²) in [6, 6.07) is 3.30. The summed E-state index contributed by atoms with van der Waals surface area (Å²) in [5.41, 5.74) is 0.568. The topological polar surface area (TPSA) is 67.3 Å². The molecule has 0 aromatic carbocycles. The van der Waals surface area contributed by atoms with Crippen LogP contribution in [-0.4, -0.2) is 21.8 Å². The van der Waals surface area contributed by atoms with Crippen LogP contribution in [0.5, 0.6) is 0 Å². The molecule has 1 saturated carbocycles. The Morgan fingerprint density at radius 1 is 1.12 bits per heavy atom. The minimum absolute atomic E-state index is 0.0560. The second kappa shape index (κ2) is 5.08. The van der Waals surface area contributed by atoms with E-state index in [-0.39, 0.29) is 11.7 Å². The Hall–Kier alpha value is -1.71. The van der Waals surface area contributed by atoms with Gasteiger partial charge in [0.1, 0.15) is 0 Å². The molecule has 0 aliphatic heterocycles. The van der Waals surface area contributed by atoms with E-state index >= 15 is 0 Å². The molecular weight excluding hydrogens is 218 g/mol. The lowest BCUT2D eigenvalue weighted by molar-refractivity contribution is -0.144. The van der Waals surface area contributed by atoms with Gasteiger partial charge in [-0.2, -0.15) is 0 Å². The first-order chi connectivity index (χ1) is 8.20. The van der Waals surface area contributed by atoms with Crippen LogP contribution in [0, 0.1) is 11.8 Å². The zero-order valence-corrected chi connectivity index (χ0v) is 9.50. The Labute approximate surface area is 99.7 Å². The van der Waals surface area contributed by atoms with E-state index in [1.807, 2.05) is 0 Å². The molecule has 2 atom stereocenters. The molecule has 0 spiro atoms. The fourth-order valence-corrected chi connectivity index (χ4v) is 2.47. The molecule has 1 aromatic rings. The molecule has 0 bridgehead atoms. The van der Waals surface area contributed by atoms with Gasteiger partial charge in [-0.3, -0.25) is 14.6 Å². The molecule has 4 heteroatoms. The summed E-state index contributed by atoms with van der Waals surface area (Å²) < 4.78 is 0. The van der Waals surface area contributed by atoms with E-state index in [2.05, 4.69) is 4.98 Å². The van der Waals surface area contributed by atoms with Gasteiger partial charge in [0.05, 0.1) is 5.92 Å². The van der Waals surface area contributed by atoms with Crippen molar-refractivity contribution in [3.05, 3.63) is 30.1 Å². The Morgan fingerprint density at radius 3 is 2.29 bits per heavy atom. The molecule has 0 saturated heterocycles. The van der Waals surface area contributed by atoms with Crippen molar-refractivity contribution in [1.29, 1.82) is 0 Å². The highest BCUT2D eigenvalue weighted by molar-refractivity contribution is 5.99. The largest absolute Gasteiger partial charge is 0.481 e. The maximum absolute atomic E-state index is 12.2. The Bertz CT molecular complexity index is 416. The van der Waals surface area contributed by atoms with Crippen LogP contribution in [-0.2, 0) is 4.79 Å². The summed E-state index contributed by atoms with van der Waals surface area (Å²) in [6.07, 6.45) is 6.25. The summed E-state index contributed by atoms with van der Waals surface area (Å²) >= 11 is 0. The van der Waals surface area contributed by atoms with E-state index in [1.54, 1.807) is 24.5 Å². The molecule has 1 aliphatic carbocycles. The fraction of sp³-hybridized carbons (Fsp3) is 0.462. The second-order valence-electron chi connectivity index (χ2n) is 4.44. The van der Waals surface area contributed by atoms with Crippen molar-refractivity contribution in [3.63, 3.8) is 0 Å². The summed E-state index contributed by atoms with van der Waals surface area (Å²) in [7, 11) is 0. The number of carbonyl (C=O) groups excluding carboxylic acids is 1. The smallest absolute Gasteiger partial charge is 0.307 e. The van der Waals surface area contributed by atoms with Gasteiger partial charge in [0.2, 0.25) is 0 Å². The lowest BCUT2D eigenvalue weighted by Gasteiger charge is -2.27. The third-order valence-electron chi connectivity index (χ3n) is 3.38. The van der Waals surface area contributed by atoms with Crippen molar-refractivity contribution in [1.82, 2.24) is 4.98 Å². The van der Waals surface area contributed by atoms with Crippen LogP contribution in [0.1, 0.15) is 36.0 Å². The highest BCUT2D eigenvalue weighted by Gasteiger charge is 2.35. The average molecular weight is 233 g/mol. The van der Waals surface area contributed by atoms with Gasteiger partial charge in [-0.05, 0) is 25.0 Å². The number of nitrogens with zero attached hydrogens (tertiary/aromatic N) is 1. The number of carboxylic acid groups (broad SMARTS) is 1. The van der Waals surface area contributed by atoms with Crippen molar-refractivity contribution in [2.24, 2.45) is 11.8 Å². The monoisotopic (exact) mass is 233 g/mol. The number of Topliss-reactive ketones (excluding diaryl/α,β-unsaturated/α-hetero) is 1. The van der Waals surface area contributed by atoms with Crippen LogP contribution < -0.4 is 0 Å². The van der Waals surface area contributed by atoms with Gasteiger partial charge in [0.25, 0.3) is 0 Å². The quantitative estimate of drug-likeness (QED) is 0.812. The molecule has 1 aliphatic rings. The average Bonchev–Trinajstić information content (AvgIpc) is 2.39. The summed E-state index contributed by atoms with van der Waals surface area (Å²) in [5.74, 6) is -1.80. The number of rotatable bonds is 3. The molecule has 1 aromatic heterocycles. The summed E-state index contributed by atoms with van der Waals surface area (Å²) in [6.45, 7) is 0. The van der Waals surface area contributed by atoms with E-state index in [1.165, 1.54) is 0 Å². The number of carbonyl (C=O) groups is 2. The number of pyridine rings is 1. The van der Waals surface area contributed by atoms with Gasteiger partial charge < -0.3 is 5.11 Å². The molecule has 1 fully saturated rings. The van der Waals surface area contributed by atoms with Crippen LogP contribution in [0.4, 0.5) is 0 Å². The minimum Gasteiger partial charge on any atom is -0.481 e. The zero-order chi connectivity index (χ0) is 12.3. The number of hydrogen-bond donors (Lipinski definition) is 1. The first kappa shape index (κ1) is 11.8. The van der Waals surface area contributed by atoms with Crippen LogP contribution in [0.15, 0.2) is 24.5 Å². The van der Waals surface area contributed by atoms with Crippen LogP contribution in [0.3, 0.4) is 0 Å². The first-order valence-electron chi connectivity index (χ1n) is 5.87. The number of carboxylic acids is 1. The van der Waals surface area contributed by atoms with Gasteiger partial charge in [-0.25, -0.2) is 0 Å². The predicted molar refractivity (Wildman–Crippen MR) is 61.7 cm³/mol. The third-order valence-corrected chi connectivity index (χ3v) is 3.38. The Balaban J connectivity index is 2.20. The van der Waals surface area contributed by atoms with Crippen LogP contribution in [0.2, 0.25) is 0 Å². The van der Waals surface area contributed by atoms with Gasteiger partial charge in [-0.1, -0.05) is 12.8 Å². The van der Waals surface area contributed by atoms with E-state index in [0.29, 0.717) is 18.4 Å². The summed E-state index contributed by atoms with van der Waals surface area (Å²) in [5, 5.41) is 9.14. The third kappa shape index (κ3) is 2.52. The lowest BCUT2D eigenvalue weighted by atomic mass is 9.75. The minimum atomic E-state index is -0.850. The van der Waals surface area contributed by atoms with Crippen LogP contribution in [0.25, 0.3) is 0 Å². The number of aliphatic carboxylic acids is 1. The zero-order valence-electron chi connectivity index (χ0n) is 9.50. The first-order valence-corrected chi connectivity index (χ1v) is 5.87. The standard InChI is InChI=1S/C13H15NO3/c15-12(9-5-7-14-8-6-9)10-3-1-2-4-11(10)13(16)17/h5-8,10-11H,1-4H2,(H,16,17)/t10-,11+/m1/s1. The predicted octanol–water partition coefficient (Wildman–Crippen LogP) is 2.16. The SMILES string of the molecule is O=C(O)[C@H]1CCCC[C@H]1C(=O)c1ccncc1. The van der Waals surface area contributed by atoms with E-state index in [9.17, 15) is 9.59 Å². The van der Waals surface area contributed by atoms with E-state index in [0.717, 1.165) is 12.8 Å². The molecule has 0 unspecified atom stereocenters. The molecule has 2 rings (SSSR count). The molecular formula is C13H15NO3. The molecule has 0 amide bonds. The maximum Gasteiger partial charge on any atom is 0.307 e. The molecule has 17 heavy (non-hydrogen) atoms. The van der Waals surface area contributed by atoms with Crippen molar-refractivity contribution >= 4 is 11.8 Å². The highest BCUT2D eigenvalue weighted by Crippen LogP contribution is 2.32. The molecule has 0 radical (unpaired) electrons. The van der Waals surface area contributed by atoms with Gasteiger partial charge in [-0.15, -0.1) is 0 Å². The maximum atomic E-state index is 12.2.